The van der Waals surface area contributed by atoms with E-state index in [9.17, 15) is 28.2 Å². The molecule has 0 spiro atoms. The predicted molar refractivity (Wildman–Crippen MR) is 118 cm³/mol. The van der Waals surface area contributed by atoms with Crippen LogP contribution in [0.3, 0.4) is 0 Å². The van der Waals surface area contributed by atoms with Crippen LogP contribution in [0, 0.1) is 6.92 Å². The van der Waals surface area contributed by atoms with Gasteiger partial charge in [0, 0.05) is 22.9 Å². The smallest absolute Gasteiger partial charge is 0.446 e. The van der Waals surface area contributed by atoms with Gasteiger partial charge >= 0.3 is 11.2 Å². The summed E-state index contributed by atoms with van der Waals surface area (Å²) >= 11 is -0.266. The Bertz CT molecular complexity index is 1330. The molecule has 0 radical (unpaired) electrons. The maximum atomic E-state index is 13.5. The number of rotatable bonds is 5. The molecule has 6 nitrogen and oxygen atoms in total. The number of benzene rings is 2. The minimum absolute atomic E-state index is 0.0358. The van der Waals surface area contributed by atoms with Crippen LogP contribution in [0.15, 0.2) is 82.7 Å². The Kier molecular flexibility index (Phi) is 5.94. The number of halogens is 3. The zero-order valence-electron chi connectivity index (χ0n) is 17.2. The quantitative estimate of drug-likeness (QED) is 0.399. The summed E-state index contributed by atoms with van der Waals surface area (Å²) in [4.78, 5) is 17.5. The SMILES string of the molecule is Cc1c(O)n(-c2ccc(SC(F)(F)F)cc2)c(=O)n1C(c1ccncc1)c1ccccc1O. The highest BCUT2D eigenvalue weighted by molar-refractivity contribution is 8.00. The fourth-order valence-corrected chi connectivity index (χ4v) is 4.22. The van der Waals surface area contributed by atoms with Crippen LogP contribution in [0.1, 0.15) is 22.9 Å². The highest BCUT2D eigenvalue weighted by atomic mass is 32.2. The van der Waals surface area contributed by atoms with Crippen LogP contribution >= 0.6 is 11.8 Å². The molecule has 1 unspecified atom stereocenters. The molecule has 1 atom stereocenters. The van der Waals surface area contributed by atoms with E-state index in [1.807, 2.05) is 0 Å². The Balaban J connectivity index is 1.87. The molecule has 2 N–H and O–H groups in total. The Morgan fingerprint density at radius 2 is 1.61 bits per heavy atom. The van der Waals surface area contributed by atoms with Gasteiger partial charge in [-0.3, -0.25) is 9.55 Å². The molecule has 0 amide bonds. The van der Waals surface area contributed by atoms with Crippen LogP contribution in [0.2, 0.25) is 0 Å². The number of aromatic hydroxyl groups is 2. The van der Waals surface area contributed by atoms with E-state index in [0.29, 0.717) is 11.1 Å². The minimum Gasteiger partial charge on any atom is -0.508 e. The molecular formula is C23H18F3N3O3S. The second-order valence-corrected chi connectivity index (χ2v) is 8.32. The number of phenolic OH excluding ortho intramolecular Hbond substituents is 1. The lowest BCUT2D eigenvalue weighted by Crippen LogP contribution is -2.29. The van der Waals surface area contributed by atoms with Crippen LogP contribution in [0.4, 0.5) is 13.2 Å². The monoisotopic (exact) mass is 473 g/mol. The predicted octanol–water partition coefficient (Wildman–Crippen LogP) is 5.00. The molecule has 10 heteroatoms. The van der Waals surface area contributed by atoms with Crippen molar-refractivity contribution in [1.82, 2.24) is 14.1 Å². The van der Waals surface area contributed by atoms with Crippen LogP contribution in [0.25, 0.3) is 5.69 Å². The maximum absolute atomic E-state index is 13.5. The molecule has 0 bridgehead atoms. The second kappa shape index (κ2) is 8.70. The summed E-state index contributed by atoms with van der Waals surface area (Å²) in [5.74, 6) is -0.392. The Hall–Kier alpha value is -3.66. The number of para-hydroxylation sites is 1. The van der Waals surface area contributed by atoms with Gasteiger partial charge in [0.2, 0.25) is 5.88 Å². The maximum Gasteiger partial charge on any atom is 0.446 e. The molecule has 4 rings (SSSR count). The first-order chi connectivity index (χ1) is 15.7. The molecule has 0 saturated carbocycles. The summed E-state index contributed by atoms with van der Waals surface area (Å²) in [6.07, 6.45) is 3.10. The summed E-state index contributed by atoms with van der Waals surface area (Å²) in [7, 11) is 0. The standard InChI is InChI=1S/C23H18F3N3O3S/c1-14-21(31)29(16-6-8-17(9-7-16)33-23(24,25)26)22(32)28(14)20(15-10-12-27-13-11-15)18-4-2-3-5-19(18)30/h2-13,20,30-31H,1H3. The van der Waals surface area contributed by atoms with E-state index in [1.165, 1.54) is 34.9 Å². The third-order valence-corrected chi connectivity index (χ3v) is 5.87. The van der Waals surface area contributed by atoms with Crippen molar-refractivity contribution in [3.63, 3.8) is 0 Å². The number of imidazole rings is 1. The highest BCUT2D eigenvalue weighted by Gasteiger charge is 2.30. The number of nitrogens with zero attached hydrogens (tertiary/aromatic N) is 3. The van der Waals surface area contributed by atoms with Crippen molar-refractivity contribution in [3.8, 4) is 17.3 Å². The molecule has 170 valence electrons. The minimum atomic E-state index is -4.43. The van der Waals surface area contributed by atoms with Gasteiger partial charge in [-0.05, 0) is 66.7 Å². The first-order valence-corrected chi connectivity index (χ1v) is 10.6. The van der Waals surface area contributed by atoms with Gasteiger partial charge in [-0.2, -0.15) is 13.2 Å². The van der Waals surface area contributed by atoms with Crippen molar-refractivity contribution < 1.29 is 23.4 Å². The molecular weight excluding hydrogens is 455 g/mol. The van der Waals surface area contributed by atoms with Crippen molar-refractivity contribution >= 4 is 11.8 Å². The van der Waals surface area contributed by atoms with Crippen molar-refractivity contribution in [2.45, 2.75) is 23.4 Å². The summed E-state index contributed by atoms with van der Waals surface area (Å²) < 4.78 is 40.2. The van der Waals surface area contributed by atoms with E-state index in [4.69, 9.17) is 0 Å². The summed E-state index contributed by atoms with van der Waals surface area (Å²) in [5.41, 5.74) is -3.55. The number of thioether (sulfide) groups is 1. The van der Waals surface area contributed by atoms with E-state index < -0.39 is 17.2 Å². The number of aromatic nitrogens is 3. The van der Waals surface area contributed by atoms with Crippen molar-refractivity contribution in [3.05, 3.63) is 100 Å². The fourth-order valence-electron chi connectivity index (χ4n) is 3.68. The van der Waals surface area contributed by atoms with Gasteiger partial charge < -0.3 is 10.2 Å². The first kappa shape index (κ1) is 22.5. The molecule has 33 heavy (non-hydrogen) atoms. The molecule has 2 heterocycles. The lowest BCUT2D eigenvalue weighted by atomic mass is 9.98. The van der Waals surface area contributed by atoms with Gasteiger partial charge in [0.25, 0.3) is 0 Å². The third-order valence-electron chi connectivity index (χ3n) is 5.13. The fraction of sp³-hybridized carbons (Fsp3) is 0.130. The third kappa shape index (κ3) is 4.47. The number of pyridine rings is 1. The zero-order chi connectivity index (χ0) is 23.8. The number of hydrogen-bond donors (Lipinski definition) is 2. The number of phenols is 1. The molecule has 4 aromatic rings. The number of alkyl halides is 3. The van der Waals surface area contributed by atoms with Gasteiger partial charge in [0.15, 0.2) is 0 Å². The van der Waals surface area contributed by atoms with Crippen LogP contribution in [-0.4, -0.2) is 29.8 Å². The van der Waals surface area contributed by atoms with Crippen LogP contribution in [-0.2, 0) is 0 Å². The van der Waals surface area contributed by atoms with Gasteiger partial charge in [0.1, 0.15) is 5.75 Å². The van der Waals surface area contributed by atoms with Crippen LogP contribution in [0.5, 0.6) is 11.6 Å². The molecule has 0 aliphatic carbocycles. The average Bonchev–Trinajstić information content (AvgIpc) is 2.99. The highest BCUT2D eigenvalue weighted by Crippen LogP contribution is 2.38. The summed E-state index contributed by atoms with van der Waals surface area (Å²) in [6, 6.07) is 14.3. The second-order valence-electron chi connectivity index (χ2n) is 7.18. The topological polar surface area (TPSA) is 80.3 Å². The largest absolute Gasteiger partial charge is 0.508 e. The van der Waals surface area contributed by atoms with Gasteiger partial charge in [-0.15, -0.1) is 0 Å². The van der Waals surface area contributed by atoms with E-state index >= 15 is 0 Å². The molecule has 0 aliphatic rings. The Morgan fingerprint density at radius 1 is 0.970 bits per heavy atom. The van der Waals surface area contributed by atoms with Crippen molar-refractivity contribution in [1.29, 1.82) is 0 Å². The van der Waals surface area contributed by atoms with Gasteiger partial charge in [-0.25, -0.2) is 9.36 Å². The average molecular weight is 473 g/mol. The first-order valence-electron chi connectivity index (χ1n) is 9.74. The normalized spacial score (nSPS) is 12.6. The van der Waals surface area contributed by atoms with E-state index in [2.05, 4.69) is 4.98 Å². The molecule has 2 aromatic carbocycles. The molecule has 0 aliphatic heterocycles. The molecule has 0 saturated heterocycles. The number of hydrogen-bond acceptors (Lipinski definition) is 5. The summed E-state index contributed by atoms with van der Waals surface area (Å²) in [5, 5.41) is 21.3. The van der Waals surface area contributed by atoms with E-state index in [-0.39, 0.29) is 39.7 Å². The Morgan fingerprint density at radius 3 is 2.21 bits per heavy atom. The Labute approximate surface area is 190 Å². The van der Waals surface area contributed by atoms with Crippen molar-refractivity contribution in [2.75, 3.05) is 0 Å². The molecule has 2 aromatic heterocycles. The van der Waals surface area contributed by atoms with E-state index in [1.54, 1.807) is 49.6 Å². The lowest BCUT2D eigenvalue weighted by Gasteiger charge is -2.21. The summed E-state index contributed by atoms with van der Waals surface area (Å²) in [6.45, 7) is 1.55. The zero-order valence-corrected chi connectivity index (χ0v) is 18.0. The van der Waals surface area contributed by atoms with Gasteiger partial charge in [0.05, 0.1) is 17.4 Å². The van der Waals surface area contributed by atoms with Crippen LogP contribution < -0.4 is 5.69 Å². The van der Waals surface area contributed by atoms with Gasteiger partial charge in [-0.1, -0.05) is 18.2 Å². The van der Waals surface area contributed by atoms with Crippen molar-refractivity contribution in [2.24, 2.45) is 0 Å². The van der Waals surface area contributed by atoms with E-state index in [0.717, 1.165) is 4.57 Å². The molecule has 0 fully saturated rings. The lowest BCUT2D eigenvalue weighted by molar-refractivity contribution is -0.0328.